The summed E-state index contributed by atoms with van der Waals surface area (Å²) in [7, 11) is 0. The number of benzene rings is 2. The molecule has 23 heavy (non-hydrogen) atoms. The first-order valence-corrected chi connectivity index (χ1v) is 7.66. The second kappa shape index (κ2) is 6.84. The molecule has 3 rings (SSSR count). The third-order valence-electron chi connectivity index (χ3n) is 3.62. The Labute approximate surface area is 138 Å². The normalized spacial score (nSPS) is 16.7. The first-order chi connectivity index (χ1) is 11.1. The summed E-state index contributed by atoms with van der Waals surface area (Å²) in [6, 6.07) is 11.2. The smallest absolute Gasteiger partial charge is 0.244 e. The molecule has 2 aromatic carbocycles. The Morgan fingerprint density at radius 3 is 2.83 bits per heavy atom. The van der Waals surface area contributed by atoms with Gasteiger partial charge < -0.3 is 10.1 Å². The summed E-state index contributed by atoms with van der Waals surface area (Å²) in [6.07, 6.45) is 3.77. The van der Waals surface area contributed by atoms with Gasteiger partial charge in [0, 0.05) is 23.1 Å². The van der Waals surface area contributed by atoms with Crippen LogP contribution in [0.5, 0.6) is 5.75 Å². The fourth-order valence-electron chi connectivity index (χ4n) is 2.48. The Morgan fingerprint density at radius 2 is 2.04 bits per heavy atom. The molecular weight excluding hydrogens is 317 g/mol. The predicted octanol–water partition coefficient (Wildman–Crippen LogP) is 4.13. The average molecular weight is 332 g/mol. The zero-order valence-corrected chi connectivity index (χ0v) is 13.0. The van der Waals surface area contributed by atoms with Gasteiger partial charge in [-0.1, -0.05) is 23.7 Å². The van der Waals surface area contributed by atoms with Crippen LogP contribution in [0.15, 0.2) is 48.5 Å². The van der Waals surface area contributed by atoms with Crippen LogP contribution in [0.1, 0.15) is 23.6 Å². The number of halogens is 2. The molecule has 2 aromatic rings. The topological polar surface area (TPSA) is 38.3 Å². The summed E-state index contributed by atoms with van der Waals surface area (Å²) in [5.41, 5.74) is 1.64. The van der Waals surface area contributed by atoms with Gasteiger partial charge >= 0.3 is 0 Å². The van der Waals surface area contributed by atoms with Crippen molar-refractivity contribution in [1.82, 2.24) is 5.32 Å². The molecule has 118 valence electrons. The molecule has 1 aliphatic rings. The van der Waals surface area contributed by atoms with E-state index < -0.39 is 0 Å². The van der Waals surface area contributed by atoms with E-state index in [4.69, 9.17) is 16.3 Å². The quantitative estimate of drug-likeness (QED) is 0.859. The lowest BCUT2D eigenvalue weighted by Gasteiger charge is -2.26. The number of carbonyl (C=O) groups is 1. The lowest BCUT2D eigenvalue weighted by Crippen LogP contribution is -2.30. The minimum absolute atomic E-state index is 0.136. The largest absolute Gasteiger partial charge is 0.493 e. The maximum atomic E-state index is 12.8. The van der Waals surface area contributed by atoms with Crippen molar-refractivity contribution in [2.24, 2.45) is 0 Å². The molecule has 1 unspecified atom stereocenters. The number of hydrogen-bond donors (Lipinski definition) is 1. The van der Waals surface area contributed by atoms with Crippen LogP contribution < -0.4 is 10.1 Å². The molecule has 1 atom stereocenters. The van der Waals surface area contributed by atoms with Crippen molar-refractivity contribution in [3.63, 3.8) is 0 Å². The SMILES string of the molecule is O=C(/C=C/c1ccc(F)cc1)NC1CCOc2ccc(Cl)cc21. The summed E-state index contributed by atoms with van der Waals surface area (Å²) in [6.45, 7) is 0.543. The van der Waals surface area contributed by atoms with E-state index in [-0.39, 0.29) is 17.8 Å². The Hall–Kier alpha value is -2.33. The molecule has 0 radical (unpaired) electrons. The van der Waals surface area contributed by atoms with Gasteiger partial charge in [0.15, 0.2) is 0 Å². The molecule has 1 heterocycles. The summed E-state index contributed by atoms with van der Waals surface area (Å²) < 4.78 is 18.4. The molecule has 0 spiro atoms. The minimum atomic E-state index is -0.303. The van der Waals surface area contributed by atoms with Crippen LogP contribution in [0.3, 0.4) is 0 Å². The number of amides is 1. The molecule has 0 fully saturated rings. The lowest BCUT2D eigenvalue weighted by atomic mass is 10.0. The predicted molar refractivity (Wildman–Crippen MR) is 87.9 cm³/mol. The third-order valence-corrected chi connectivity index (χ3v) is 3.86. The number of rotatable bonds is 3. The van der Waals surface area contributed by atoms with Crippen molar-refractivity contribution in [1.29, 1.82) is 0 Å². The molecule has 1 N–H and O–H groups in total. The molecule has 0 saturated heterocycles. The van der Waals surface area contributed by atoms with Crippen LogP contribution >= 0.6 is 11.6 Å². The van der Waals surface area contributed by atoms with E-state index in [1.165, 1.54) is 18.2 Å². The molecule has 5 heteroatoms. The highest BCUT2D eigenvalue weighted by atomic mass is 35.5. The van der Waals surface area contributed by atoms with E-state index in [9.17, 15) is 9.18 Å². The molecule has 1 aliphatic heterocycles. The van der Waals surface area contributed by atoms with Crippen molar-refractivity contribution in [2.75, 3.05) is 6.61 Å². The van der Waals surface area contributed by atoms with Gasteiger partial charge in [-0.05, 0) is 42.0 Å². The van der Waals surface area contributed by atoms with E-state index in [1.54, 1.807) is 24.3 Å². The van der Waals surface area contributed by atoms with Gasteiger partial charge in [0.05, 0.1) is 12.6 Å². The standard InChI is InChI=1S/C18H15ClFNO2/c19-13-4-7-17-15(11-13)16(9-10-23-17)21-18(22)8-3-12-1-5-14(20)6-2-12/h1-8,11,16H,9-10H2,(H,21,22)/b8-3+. The highest BCUT2D eigenvalue weighted by Crippen LogP contribution is 2.33. The van der Waals surface area contributed by atoms with Crippen LogP contribution in [-0.4, -0.2) is 12.5 Å². The highest BCUT2D eigenvalue weighted by molar-refractivity contribution is 6.30. The number of hydrogen-bond acceptors (Lipinski definition) is 2. The van der Waals surface area contributed by atoms with Gasteiger partial charge in [-0.15, -0.1) is 0 Å². The van der Waals surface area contributed by atoms with Crippen LogP contribution in [-0.2, 0) is 4.79 Å². The maximum absolute atomic E-state index is 12.8. The number of ether oxygens (including phenoxy) is 1. The third kappa shape index (κ3) is 3.90. The van der Waals surface area contributed by atoms with Gasteiger partial charge in [0.1, 0.15) is 11.6 Å². The number of nitrogens with one attached hydrogen (secondary N) is 1. The Balaban J connectivity index is 1.69. The van der Waals surface area contributed by atoms with E-state index in [0.717, 1.165) is 16.9 Å². The van der Waals surface area contributed by atoms with Crippen molar-refractivity contribution in [3.05, 3.63) is 70.5 Å². The number of fused-ring (bicyclic) bond motifs is 1. The van der Waals surface area contributed by atoms with Crippen molar-refractivity contribution in [2.45, 2.75) is 12.5 Å². The summed E-state index contributed by atoms with van der Waals surface area (Å²) in [4.78, 5) is 12.1. The Morgan fingerprint density at radius 1 is 1.26 bits per heavy atom. The van der Waals surface area contributed by atoms with E-state index in [1.807, 2.05) is 12.1 Å². The maximum Gasteiger partial charge on any atom is 0.244 e. The first kappa shape index (κ1) is 15.6. The molecule has 3 nitrogen and oxygen atoms in total. The fourth-order valence-corrected chi connectivity index (χ4v) is 2.66. The van der Waals surface area contributed by atoms with Crippen molar-refractivity contribution >= 4 is 23.6 Å². The van der Waals surface area contributed by atoms with Crippen molar-refractivity contribution in [3.8, 4) is 5.75 Å². The second-order valence-electron chi connectivity index (χ2n) is 5.27. The molecule has 0 bridgehead atoms. The first-order valence-electron chi connectivity index (χ1n) is 7.28. The zero-order chi connectivity index (χ0) is 16.2. The monoisotopic (exact) mass is 331 g/mol. The van der Waals surface area contributed by atoms with E-state index in [0.29, 0.717) is 18.1 Å². The number of carbonyl (C=O) groups excluding carboxylic acids is 1. The molecule has 0 aliphatic carbocycles. The lowest BCUT2D eigenvalue weighted by molar-refractivity contribution is -0.117. The Bertz CT molecular complexity index is 743. The van der Waals surface area contributed by atoms with Gasteiger partial charge in [-0.25, -0.2) is 4.39 Å². The molecule has 1 amide bonds. The van der Waals surface area contributed by atoms with E-state index >= 15 is 0 Å². The molecular formula is C18H15ClFNO2. The van der Waals surface area contributed by atoms with Crippen molar-refractivity contribution < 1.29 is 13.9 Å². The molecule has 0 aromatic heterocycles. The van der Waals surface area contributed by atoms with Crippen LogP contribution in [0.4, 0.5) is 4.39 Å². The fraction of sp³-hybridized carbons (Fsp3) is 0.167. The van der Waals surface area contributed by atoms with Crippen LogP contribution in [0.25, 0.3) is 6.08 Å². The summed E-state index contributed by atoms with van der Waals surface area (Å²) >= 11 is 6.02. The summed E-state index contributed by atoms with van der Waals surface area (Å²) in [5.74, 6) is 0.225. The van der Waals surface area contributed by atoms with Crippen LogP contribution in [0.2, 0.25) is 5.02 Å². The Kier molecular flexibility index (Phi) is 4.63. The molecule has 0 saturated carbocycles. The van der Waals surface area contributed by atoms with Gasteiger partial charge in [0.2, 0.25) is 5.91 Å². The van der Waals surface area contributed by atoms with E-state index in [2.05, 4.69) is 5.32 Å². The zero-order valence-electron chi connectivity index (χ0n) is 12.3. The average Bonchev–Trinajstić information content (AvgIpc) is 2.55. The van der Waals surface area contributed by atoms with Gasteiger partial charge in [0.25, 0.3) is 0 Å². The minimum Gasteiger partial charge on any atom is -0.493 e. The summed E-state index contributed by atoms with van der Waals surface area (Å²) in [5, 5.41) is 3.55. The highest BCUT2D eigenvalue weighted by Gasteiger charge is 2.22. The van der Waals surface area contributed by atoms with Crippen LogP contribution in [0, 0.1) is 5.82 Å². The van der Waals surface area contributed by atoms with Gasteiger partial charge in [-0.2, -0.15) is 0 Å². The van der Waals surface area contributed by atoms with Gasteiger partial charge in [-0.3, -0.25) is 4.79 Å². The second-order valence-corrected chi connectivity index (χ2v) is 5.70.